The number of anilines is 1. The number of nitrogens with zero attached hydrogens (tertiary/aromatic N) is 4. The highest BCUT2D eigenvalue weighted by Crippen LogP contribution is 2.55. The van der Waals surface area contributed by atoms with Crippen LogP contribution < -0.4 is 5.32 Å². The molecule has 2 fully saturated rings. The molecule has 2 saturated carbocycles. The van der Waals surface area contributed by atoms with E-state index in [0.717, 1.165) is 24.5 Å². The molecule has 2 aliphatic carbocycles. The Bertz CT molecular complexity index is 710. The van der Waals surface area contributed by atoms with Crippen molar-refractivity contribution in [2.45, 2.75) is 57.8 Å². The van der Waals surface area contributed by atoms with Crippen LogP contribution in [-0.2, 0) is 16.1 Å². The molecule has 2 heterocycles. The van der Waals surface area contributed by atoms with Gasteiger partial charge in [-0.2, -0.15) is 14.6 Å². The fourth-order valence-corrected chi connectivity index (χ4v) is 4.45. The van der Waals surface area contributed by atoms with E-state index in [0.29, 0.717) is 24.5 Å². The van der Waals surface area contributed by atoms with Crippen LogP contribution in [0.1, 0.15) is 44.7 Å². The Morgan fingerprint density at radius 1 is 1.38 bits per heavy atom. The average Bonchev–Trinajstić information content (AvgIpc) is 3.24. The van der Waals surface area contributed by atoms with E-state index in [4.69, 9.17) is 9.47 Å². The molecule has 24 heavy (non-hydrogen) atoms. The molecular weight excluding hydrogens is 306 g/mol. The maximum absolute atomic E-state index is 6.01. The van der Waals surface area contributed by atoms with Gasteiger partial charge in [0, 0.05) is 31.2 Å². The summed E-state index contributed by atoms with van der Waals surface area (Å²) in [5, 5.41) is 8.02. The molecule has 0 bridgehead atoms. The van der Waals surface area contributed by atoms with E-state index in [1.807, 2.05) is 6.07 Å². The first-order valence-corrected chi connectivity index (χ1v) is 8.83. The largest absolute Gasteiger partial charge is 0.378 e. The predicted octanol–water partition coefficient (Wildman–Crippen LogP) is 2.42. The van der Waals surface area contributed by atoms with Gasteiger partial charge in [0.25, 0.3) is 5.78 Å². The number of nitrogens with one attached hydrogen (secondary N) is 1. The normalized spacial score (nSPS) is 25.2. The molecule has 7 heteroatoms. The number of aromatic nitrogens is 4. The van der Waals surface area contributed by atoms with Crippen LogP contribution in [0, 0.1) is 5.41 Å². The van der Waals surface area contributed by atoms with Gasteiger partial charge in [-0.05, 0) is 26.2 Å². The summed E-state index contributed by atoms with van der Waals surface area (Å²) in [5.74, 6) is 1.55. The smallest absolute Gasteiger partial charge is 0.254 e. The van der Waals surface area contributed by atoms with E-state index in [9.17, 15) is 0 Å². The lowest BCUT2D eigenvalue weighted by Gasteiger charge is -2.54. The van der Waals surface area contributed by atoms with Crippen LogP contribution in [0.15, 0.2) is 12.4 Å². The van der Waals surface area contributed by atoms with Crippen LogP contribution in [0.25, 0.3) is 5.78 Å². The van der Waals surface area contributed by atoms with Crippen LogP contribution >= 0.6 is 0 Å². The van der Waals surface area contributed by atoms with Gasteiger partial charge < -0.3 is 14.8 Å². The van der Waals surface area contributed by atoms with E-state index in [-0.39, 0.29) is 5.41 Å². The molecular formula is C17H25N5O2. The lowest BCUT2D eigenvalue weighted by molar-refractivity contribution is -0.114. The Labute approximate surface area is 141 Å². The van der Waals surface area contributed by atoms with Gasteiger partial charge in [0.15, 0.2) is 0 Å². The molecule has 2 atom stereocenters. The number of ether oxygens (including phenoxy) is 2. The Morgan fingerprint density at radius 3 is 2.96 bits per heavy atom. The maximum atomic E-state index is 6.01. The minimum absolute atomic E-state index is 0.271. The van der Waals surface area contributed by atoms with Crippen molar-refractivity contribution in [3.05, 3.63) is 18.1 Å². The van der Waals surface area contributed by atoms with Gasteiger partial charge in [-0.1, -0.05) is 12.8 Å². The third-order valence-electron chi connectivity index (χ3n) is 5.61. The second-order valence-corrected chi connectivity index (χ2v) is 6.85. The van der Waals surface area contributed by atoms with Crippen LogP contribution in [0.3, 0.4) is 0 Å². The molecule has 0 amide bonds. The summed E-state index contributed by atoms with van der Waals surface area (Å²) in [6.45, 7) is 3.34. The second kappa shape index (κ2) is 6.29. The van der Waals surface area contributed by atoms with Gasteiger partial charge >= 0.3 is 0 Å². The van der Waals surface area contributed by atoms with Crippen LogP contribution in [0.5, 0.6) is 0 Å². The molecule has 0 saturated heterocycles. The molecule has 2 aromatic rings. The van der Waals surface area contributed by atoms with Crippen LogP contribution in [0.2, 0.25) is 0 Å². The maximum Gasteiger partial charge on any atom is 0.254 e. The van der Waals surface area contributed by atoms with Gasteiger partial charge in [0.1, 0.15) is 12.1 Å². The molecule has 0 aliphatic heterocycles. The first-order valence-electron chi connectivity index (χ1n) is 8.83. The molecule has 7 nitrogen and oxygen atoms in total. The van der Waals surface area contributed by atoms with E-state index in [2.05, 4.69) is 27.3 Å². The number of methoxy groups -OCH3 is 1. The Balaban J connectivity index is 1.61. The highest BCUT2D eigenvalue weighted by Gasteiger charge is 2.56. The molecule has 2 unspecified atom stereocenters. The Morgan fingerprint density at radius 2 is 2.21 bits per heavy atom. The third-order valence-corrected chi connectivity index (χ3v) is 5.61. The van der Waals surface area contributed by atoms with Crippen molar-refractivity contribution in [3.8, 4) is 0 Å². The number of fused-ring (bicyclic) bond motifs is 1. The molecule has 0 aromatic carbocycles. The monoisotopic (exact) mass is 331 g/mol. The van der Waals surface area contributed by atoms with E-state index in [1.54, 1.807) is 18.0 Å². The zero-order valence-electron chi connectivity index (χ0n) is 14.4. The highest BCUT2D eigenvalue weighted by molar-refractivity contribution is 5.47. The first kappa shape index (κ1) is 15.8. The second-order valence-electron chi connectivity index (χ2n) is 6.85. The minimum Gasteiger partial charge on any atom is -0.378 e. The summed E-state index contributed by atoms with van der Waals surface area (Å²) in [4.78, 5) is 8.70. The van der Waals surface area contributed by atoms with Gasteiger partial charge in [-0.25, -0.2) is 4.98 Å². The molecule has 1 N–H and O–H groups in total. The summed E-state index contributed by atoms with van der Waals surface area (Å²) < 4.78 is 13.0. The van der Waals surface area contributed by atoms with E-state index in [1.165, 1.54) is 25.7 Å². The molecule has 2 aromatic heterocycles. The topological polar surface area (TPSA) is 73.6 Å². The molecule has 1 spiro atoms. The van der Waals surface area contributed by atoms with Crippen molar-refractivity contribution in [2.24, 2.45) is 5.41 Å². The first-order chi connectivity index (χ1) is 11.8. The standard InChI is InChI=1S/C17H25N5O2/c1-3-24-14-9-13(17(14)6-4-5-7-17)21-15-8-12(10-23-2)20-16-18-11-19-22(15)16/h8,11,13-14,21H,3-7,9-10H2,1-2H3. The number of hydrogen-bond acceptors (Lipinski definition) is 6. The molecule has 2 aliphatic rings. The van der Waals surface area contributed by atoms with Crippen molar-refractivity contribution in [1.82, 2.24) is 19.6 Å². The van der Waals surface area contributed by atoms with Crippen molar-refractivity contribution in [2.75, 3.05) is 19.0 Å². The highest BCUT2D eigenvalue weighted by atomic mass is 16.5. The van der Waals surface area contributed by atoms with Crippen molar-refractivity contribution in [3.63, 3.8) is 0 Å². The average molecular weight is 331 g/mol. The molecule has 0 radical (unpaired) electrons. The van der Waals surface area contributed by atoms with Gasteiger partial charge in [-0.15, -0.1) is 0 Å². The van der Waals surface area contributed by atoms with Crippen LogP contribution in [0.4, 0.5) is 5.82 Å². The zero-order chi connectivity index (χ0) is 16.6. The lowest BCUT2D eigenvalue weighted by Crippen LogP contribution is -2.60. The summed E-state index contributed by atoms with van der Waals surface area (Å²) in [6.07, 6.45) is 8.05. The summed E-state index contributed by atoms with van der Waals surface area (Å²) >= 11 is 0. The predicted molar refractivity (Wildman–Crippen MR) is 89.8 cm³/mol. The molecule has 4 rings (SSSR count). The number of rotatable bonds is 6. The van der Waals surface area contributed by atoms with Crippen LogP contribution in [-0.4, -0.2) is 45.4 Å². The quantitative estimate of drug-likeness (QED) is 0.876. The van der Waals surface area contributed by atoms with Gasteiger partial charge in [-0.3, -0.25) is 0 Å². The fourth-order valence-electron chi connectivity index (χ4n) is 4.45. The van der Waals surface area contributed by atoms with Gasteiger partial charge in [0.2, 0.25) is 0 Å². The Kier molecular flexibility index (Phi) is 4.14. The van der Waals surface area contributed by atoms with Crippen molar-refractivity contribution in [1.29, 1.82) is 0 Å². The third kappa shape index (κ3) is 2.46. The summed E-state index contributed by atoms with van der Waals surface area (Å²) in [6, 6.07) is 2.43. The summed E-state index contributed by atoms with van der Waals surface area (Å²) in [7, 11) is 1.68. The lowest BCUT2D eigenvalue weighted by atomic mass is 9.60. The molecule has 130 valence electrons. The SMILES string of the molecule is CCOC1CC(Nc2cc(COC)nc3ncnn23)C12CCCC2. The summed E-state index contributed by atoms with van der Waals surface area (Å²) in [5.41, 5.74) is 1.13. The van der Waals surface area contributed by atoms with Crippen molar-refractivity contribution < 1.29 is 9.47 Å². The van der Waals surface area contributed by atoms with E-state index >= 15 is 0 Å². The fraction of sp³-hybridized carbons (Fsp3) is 0.706. The Hall–Kier alpha value is -1.73. The van der Waals surface area contributed by atoms with Gasteiger partial charge in [0.05, 0.1) is 18.4 Å². The van der Waals surface area contributed by atoms with Crippen molar-refractivity contribution >= 4 is 11.6 Å². The van der Waals surface area contributed by atoms with E-state index < -0.39 is 0 Å². The zero-order valence-corrected chi connectivity index (χ0v) is 14.4. The minimum atomic E-state index is 0.271. The number of hydrogen-bond donors (Lipinski definition) is 1.